The molecule has 2 aromatic heterocycles. The Morgan fingerprint density at radius 3 is 2.51 bits per heavy atom. The average Bonchev–Trinajstić information content (AvgIpc) is 3.22. The summed E-state index contributed by atoms with van der Waals surface area (Å²) >= 11 is 0. The van der Waals surface area contributed by atoms with Gasteiger partial charge in [-0.25, -0.2) is 27.5 Å². The van der Waals surface area contributed by atoms with Gasteiger partial charge < -0.3 is 10.2 Å². The largest absolute Gasteiger partial charge is 0.349 e. The van der Waals surface area contributed by atoms with Gasteiger partial charge in [0.2, 0.25) is 5.95 Å². The molecule has 0 unspecified atom stereocenters. The number of likely N-dealkylation sites (tertiary alicyclic amines) is 2. The summed E-state index contributed by atoms with van der Waals surface area (Å²) in [6, 6.07) is 4.86. The van der Waals surface area contributed by atoms with Crippen LogP contribution in [0.5, 0.6) is 0 Å². The number of aromatic nitrogens is 3. The van der Waals surface area contributed by atoms with Crippen molar-refractivity contribution in [3.63, 3.8) is 0 Å². The van der Waals surface area contributed by atoms with Gasteiger partial charge in [0.15, 0.2) is 6.29 Å². The van der Waals surface area contributed by atoms with Crippen LogP contribution in [0, 0.1) is 11.2 Å². The molecule has 0 aliphatic carbocycles. The van der Waals surface area contributed by atoms with Crippen molar-refractivity contribution in [3.05, 3.63) is 59.3 Å². The van der Waals surface area contributed by atoms with Crippen LogP contribution in [-0.4, -0.2) is 76.9 Å². The Labute approximate surface area is 200 Å². The van der Waals surface area contributed by atoms with Gasteiger partial charge in [0.05, 0.1) is 11.6 Å². The van der Waals surface area contributed by atoms with E-state index in [1.807, 2.05) is 0 Å². The van der Waals surface area contributed by atoms with Gasteiger partial charge >= 0.3 is 0 Å². The van der Waals surface area contributed by atoms with Gasteiger partial charge in [-0.2, -0.15) is 0 Å². The van der Waals surface area contributed by atoms with Gasteiger partial charge in [0.1, 0.15) is 23.8 Å². The number of carbonyl (C=O) groups is 1. The predicted molar refractivity (Wildman–Crippen MR) is 124 cm³/mol. The first-order valence-corrected chi connectivity index (χ1v) is 11.3. The van der Waals surface area contributed by atoms with Crippen LogP contribution in [0.15, 0.2) is 36.7 Å². The maximum atomic E-state index is 14.2. The highest BCUT2D eigenvalue weighted by atomic mass is 19.3. The van der Waals surface area contributed by atoms with Crippen LogP contribution in [0.1, 0.15) is 41.0 Å². The Hall–Kier alpha value is -3.05. The Morgan fingerprint density at radius 1 is 1.17 bits per heavy atom. The van der Waals surface area contributed by atoms with E-state index in [9.17, 15) is 22.4 Å². The topological polar surface area (TPSA) is 65.8 Å². The summed E-state index contributed by atoms with van der Waals surface area (Å²) in [7, 11) is 2.14. The highest BCUT2D eigenvalue weighted by Crippen LogP contribution is 2.38. The number of rotatable bonds is 7. The monoisotopic (exact) mass is 492 g/mol. The van der Waals surface area contributed by atoms with E-state index in [0.29, 0.717) is 29.8 Å². The molecular formula is C24H28F4N6O. The minimum atomic E-state index is -2.89. The van der Waals surface area contributed by atoms with E-state index < -0.39 is 23.8 Å². The van der Waals surface area contributed by atoms with E-state index in [-0.39, 0.29) is 17.9 Å². The third-order valence-corrected chi connectivity index (χ3v) is 6.36. The van der Waals surface area contributed by atoms with Crippen LogP contribution in [0.25, 0.3) is 5.65 Å². The van der Waals surface area contributed by atoms with E-state index in [1.165, 1.54) is 42.0 Å². The molecule has 1 atom stereocenters. The number of fused-ring (bicyclic) bond motifs is 1. The average molecular weight is 493 g/mol. The molecule has 2 aliphatic heterocycles. The van der Waals surface area contributed by atoms with Crippen LogP contribution in [0.2, 0.25) is 0 Å². The molecule has 4 heterocycles. The number of nitrogens with one attached hydrogen (secondary N) is 1. The molecule has 1 spiro atoms. The molecule has 11 heteroatoms. The maximum Gasteiger partial charge on any atom is 0.266 e. The minimum Gasteiger partial charge on any atom is -0.349 e. The van der Waals surface area contributed by atoms with Crippen LogP contribution in [0.4, 0.5) is 23.5 Å². The third kappa shape index (κ3) is 5.30. The second-order valence-corrected chi connectivity index (χ2v) is 9.27. The Morgan fingerprint density at radius 2 is 1.89 bits per heavy atom. The van der Waals surface area contributed by atoms with Crippen molar-refractivity contribution in [1.82, 2.24) is 24.2 Å². The van der Waals surface area contributed by atoms with Gasteiger partial charge in [-0.1, -0.05) is 18.2 Å². The summed E-state index contributed by atoms with van der Waals surface area (Å²) in [5.41, 5.74) is 0.748. The fraction of sp³-hybridized carbons (Fsp3) is 0.458. The Bertz CT molecular complexity index is 1170. The fourth-order valence-corrected chi connectivity index (χ4v) is 4.92. The van der Waals surface area contributed by atoms with Crippen molar-refractivity contribution in [2.75, 3.05) is 51.8 Å². The van der Waals surface area contributed by atoms with Crippen LogP contribution >= 0.6 is 0 Å². The quantitative estimate of drug-likeness (QED) is 0.398. The van der Waals surface area contributed by atoms with Crippen LogP contribution < -0.4 is 5.32 Å². The number of aldehydes is 1. The Kier molecular flexibility index (Phi) is 7.36. The summed E-state index contributed by atoms with van der Waals surface area (Å²) in [5.74, 6) is -0.624. The first kappa shape index (κ1) is 25.1. The van der Waals surface area contributed by atoms with E-state index in [4.69, 9.17) is 0 Å². The predicted octanol–water partition coefficient (Wildman–Crippen LogP) is 3.99. The molecule has 2 fully saturated rings. The summed E-state index contributed by atoms with van der Waals surface area (Å²) in [6.45, 7) is 6.78. The van der Waals surface area contributed by atoms with Crippen molar-refractivity contribution in [1.29, 1.82) is 0 Å². The molecule has 7 nitrogen and oxygen atoms in total. The zero-order valence-electron chi connectivity index (χ0n) is 19.6. The second kappa shape index (κ2) is 10.3. The summed E-state index contributed by atoms with van der Waals surface area (Å²) < 4.78 is 53.3. The number of anilines is 1. The molecule has 2 saturated heterocycles. The van der Waals surface area contributed by atoms with Crippen molar-refractivity contribution in [3.8, 4) is 0 Å². The van der Waals surface area contributed by atoms with E-state index in [1.54, 1.807) is 13.0 Å². The molecule has 0 amide bonds. The fourth-order valence-electron chi connectivity index (χ4n) is 4.92. The molecule has 188 valence electrons. The molecular weight excluding hydrogens is 464 g/mol. The molecule has 1 N–H and O–H groups in total. The summed E-state index contributed by atoms with van der Waals surface area (Å²) in [5, 5.41) is 2.96. The molecule has 1 aromatic carbocycles. The highest BCUT2D eigenvalue weighted by Gasteiger charge is 2.49. The third-order valence-electron chi connectivity index (χ3n) is 6.36. The van der Waals surface area contributed by atoms with Gasteiger partial charge in [-0.3, -0.25) is 14.1 Å². The summed E-state index contributed by atoms with van der Waals surface area (Å²) in [6.07, 6.45) is 0.683. The van der Waals surface area contributed by atoms with E-state index in [0.717, 1.165) is 19.2 Å². The smallest absolute Gasteiger partial charge is 0.266 e. The van der Waals surface area contributed by atoms with Gasteiger partial charge in [-0.15, -0.1) is 0 Å². The first-order valence-electron chi connectivity index (χ1n) is 11.3. The molecule has 0 saturated carbocycles. The minimum absolute atomic E-state index is 0.0994. The number of carbonyl (C=O) groups excluding carboxylic acids is 1. The van der Waals surface area contributed by atoms with Gasteiger partial charge in [0.25, 0.3) is 6.43 Å². The normalized spacial score (nSPS) is 18.0. The number of nitrogens with zero attached hydrogens (tertiary/aromatic N) is 5. The maximum absolute atomic E-state index is 14.2. The number of hydrogen-bond donors (Lipinski definition) is 1. The molecule has 3 aromatic rings. The number of alkyl halides is 3. The van der Waals surface area contributed by atoms with Crippen molar-refractivity contribution >= 4 is 17.9 Å². The van der Waals surface area contributed by atoms with Crippen molar-refractivity contribution in [2.24, 2.45) is 5.41 Å². The van der Waals surface area contributed by atoms with Crippen molar-refractivity contribution in [2.45, 2.75) is 19.4 Å². The van der Waals surface area contributed by atoms with Crippen LogP contribution in [0.3, 0.4) is 0 Å². The molecule has 5 rings (SSSR count). The lowest BCUT2D eigenvalue weighted by Gasteiger charge is -2.59. The molecule has 2 aliphatic rings. The number of benzene rings is 1. The number of halogens is 4. The lowest BCUT2D eigenvalue weighted by Crippen LogP contribution is -2.71. The Balaban J connectivity index is 0.000000218. The van der Waals surface area contributed by atoms with Crippen molar-refractivity contribution < 1.29 is 22.4 Å². The lowest BCUT2D eigenvalue weighted by molar-refractivity contribution is -0.105. The standard InChI is InChI=1S/C16H13F3N4O.C8H15FN2/c1-9(11-3-2-4-12(14(11)17)15(18)19)21-16-20-6-5-13-22-10(8-24)7-23(13)16;1-10-4-8(5-10)6-11(7-8)3-2-9/h2-9,15H,1H3,(H,20,21);2-7H2,1H3/t9-;/m1./s1. The van der Waals surface area contributed by atoms with Gasteiger partial charge in [-0.05, 0) is 20.0 Å². The SMILES string of the molecule is CN1CC2(C1)CN(CCF)C2.C[C@@H](Nc1nccc2nc(C=O)cn12)c1cccc(C(F)F)c1F. The number of hydrogen-bond acceptors (Lipinski definition) is 6. The molecule has 0 radical (unpaired) electrons. The number of imidazole rings is 1. The van der Waals surface area contributed by atoms with E-state index >= 15 is 0 Å². The zero-order valence-corrected chi connectivity index (χ0v) is 19.6. The molecule has 35 heavy (non-hydrogen) atoms. The van der Waals surface area contributed by atoms with Gasteiger partial charge in [0, 0.05) is 56.1 Å². The lowest BCUT2D eigenvalue weighted by atomic mass is 9.73. The van der Waals surface area contributed by atoms with Crippen LogP contribution in [-0.2, 0) is 0 Å². The van der Waals surface area contributed by atoms with E-state index in [2.05, 4.69) is 32.1 Å². The second-order valence-electron chi connectivity index (χ2n) is 9.27. The zero-order chi connectivity index (χ0) is 25.2. The first-order chi connectivity index (χ1) is 16.7. The molecule has 0 bridgehead atoms. The highest BCUT2D eigenvalue weighted by molar-refractivity contribution is 5.73. The summed E-state index contributed by atoms with van der Waals surface area (Å²) in [4.78, 5) is 23.6.